The Balaban J connectivity index is 1.83. The Morgan fingerprint density at radius 2 is 1.83 bits per heavy atom. The molecule has 0 radical (unpaired) electrons. The maximum absolute atomic E-state index is 11.8. The Kier molecular flexibility index (Phi) is 6.44. The van der Waals surface area contributed by atoms with E-state index in [9.17, 15) is 4.79 Å². The highest BCUT2D eigenvalue weighted by Gasteiger charge is 2.08. The largest absolute Gasteiger partial charge is 0.489 e. The minimum Gasteiger partial charge on any atom is -0.489 e. The molecule has 5 heteroatoms. The van der Waals surface area contributed by atoms with Gasteiger partial charge in [0.2, 0.25) is 0 Å². The third-order valence-electron chi connectivity index (χ3n) is 3.41. The first kappa shape index (κ1) is 16.8. The molecule has 0 aromatic heterocycles. The second kappa shape index (κ2) is 8.80. The van der Waals surface area contributed by atoms with Gasteiger partial charge in [-0.15, -0.1) is 0 Å². The molecule has 2 aromatic carbocycles. The van der Waals surface area contributed by atoms with Crippen molar-refractivity contribution in [3.63, 3.8) is 0 Å². The second-order valence-electron chi connectivity index (χ2n) is 5.18. The molecule has 0 aliphatic carbocycles. The Hall–Kier alpha value is -2.53. The Bertz CT molecular complexity index is 595. The number of ether oxygens (including phenoxy) is 1. The van der Waals surface area contributed by atoms with E-state index in [-0.39, 0.29) is 18.7 Å². The van der Waals surface area contributed by atoms with Gasteiger partial charge in [-0.05, 0) is 36.2 Å². The number of hydrogen-bond donors (Lipinski definition) is 3. The first-order valence-corrected chi connectivity index (χ1v) is 7.66. The first-order chi connectivity index (χ1) is 11.2. The highest BCUT2D eigenvalue weighted by atomic mass is 16.5. The average molecular weight is 314 g/mol. The number of rotatable bonds is 7. The van der Waals surface area contributed by atoms with E-state index in [4.69, 9.17) is 9.84 Å². The van der Waals surface area contributed by atoms with Gasteiger partial charge in [-0.1, -0.05) is 37.3 Å². The molecule has 2 rings (SSSR count). The minimum absolute atomic E-state index is 0.0698. The number of para-hydroxylation sites is 1. The summed E-state index contributed by atoms with van der Waals surface area (Å²) in [5.41, 5.74) is 1.71. The Labute approximate surface area is 136 Å². The highest BCUT2D eigenvalue weighted by molar-refractivity contribution is 5.89. The van der Waals surface area contributed by atoms with Gasteiger partial charge in [-0.2, -0.15) is 0 Å². The van der Waals surface area contributed by atoms with Crippen molar-refractivity contribution in [2.75, 3.05) is 11.9 Å². The van der Waals surface area contributed by atoms with Crippen LogP contribution in [0.4, 0.5) is 10.5 Å². The van der Waals surface area contributed by atoms with E-state index in [2.05, 4.69) is 10.6 Å². The molecule has 122 valence electrons. The van der Waals surface area contributed by atoms with Crippen molar-refractivity contribution in [1.29, 1.82) is 0 Å². The third-order valence-corrected chi connectivity index (χ3v) is 3.41. The summed E-state index contributed by atoms with van der Waals surface area (Å²) in [5.74, 6) is 0.823. The number of amides is 2. The average Bonchev–Trinajstić information content (AvgIpc) is 2.60. The van der Waals surface area contributed by atoms with Crippen molar-refractivity contribution in [1.82, 2.24) is 5.32 Å². The topological polar surface area (TPSA) is 70.6 Å². The molecule has 0 spiro atoms. The van der Waals surface area contributed by atoms with Crippen LogP contribution in [0.1, 0.15) is 18.9 Å². The molecule has 0 aliphatic heterocycles. The van der Waals surface area contributed by atoms with Crippen molar-refractivity contribution in [3.05, 3.63) is 60.2 Å². The van der Waals surface area contributed by atoms with Crippen LogP contribution in [-0.2, 0) is 6.61 Å². The maximum Gasteiger partial charge on any atom is 0.319 e. The predicted octanol–water partition coefficient (Wildman–Crippen LogP) is 3.16. The van der Waals surface area contributed by atoms with Crippen molar-refractivity contribution < 1.29 is 14.6 Å². The van der Waals surface area contributed by atoms with E-state index >= 15 is 0 Å². The standard InChI is InChI=1S/C18H22N2O3/c1-2-15(12-21)19-18(22)20-16-10-8-14(9-11-16)13-23-17-6-4-3-5-7-17/h3-11,15,21H,2,12-13H2,1H3,(H2,19,20,22). The van der Waals surface area contributed by atoms with Crippen LogP contribution in [0, 0.1) is 0 Å². The van der Waals surface area contributed by atoms with E-state index in [1.54, 1.807) is 0 Å². The van der Waals surface area contributed by atoms with Gasteiger partial charge in [0.25, 0.3) is 0 Å². The van der Waals surface area contributed by atoms with Crippen molar-refractivity contribution in [3.8, 4) is 5.75 Å². The lowest BCUT2D eigenvalue weighted by Gasteiger charge is -2.15. The van der Waals surface area contributed by atoms with Crippen LogP contribution in [0.3, 0.4) is 0 Å². The van der Waals surface area contributed by atoms with Gasteiger partial charge < -0.3 is 20.5 Å². The van der Waals surface area contributed by atoms with Crippen LogP contribution in [0.15, 0.2) is 54.6 Å². The van der Waals surface area contributed by atoms with Gasteiger partial charge in [0.1, 0.15) is 12.4 Å². The van der Waals surface area contributed by atoms with Crippen LogP contribution in [-0.4, -0.2) is 23.8 Å². The zero-order valence-electron chi connectivity index (χ0n) is 13.2. The summed E-state index contributed by atoms with van der Waals surface area (Å²) in [6.07, 6.45) is 0.680. The first-order valence-electron chi connectivity index (χ1n) is 7.66. The van der Waals surface area contributed by atoms with Gasteiger partial charge in [-0.25, -0.2) is 4.79 Å². The molecule has 0 bridgehead atoms. The molecular weight excluding hydrogens is 292 g/mol. The number of carbonyl (C=O) groups excluding carboxylic acids is 1. The molecule has 23 heavy (non-hydrogen) atoms. The molecule has 0 heterocycles. The van der Waals surface area contributed by atoms with Gasteiger partial charge in [0, 0.05) is 5.69 Å². The van der Waals surface area contributed by atoms with Crippen LogP contribution in [0.25, 0.3) is 0 Å². The lowest BCUT2D eigenvalue weighted by Crippen LogP contribution is -2.39. The molecule has 0 saturated heterocycles. The summed E-state index contributed by atoms with van der Waals surface area (Å²) in [5, 5.41) is 14.5. The normalized spacial score (nSPS) is 11.6. The summed E-state index contributed by atoms with van der Waals surface area (Å²) in [7, 11) is 0. The highest BCUT2D eigenvalue weighted by Crippen LogP contribution is 2.14. The molecule has 3 N–H and O–H groups in total. The lowest BCUT2D eigenvalue weighted by molar-refractivity contribution is 0.222. The molecule has 1 atom stereocenters. The van der Waals surface area contributed by atoms with Gasteiger partial charge in [-0.3, -0.25) is 0 Å². The van der Waals surface area contributed by atoms with Crippen LogP contribution in [0.5, 0.6) is 5.75 Å². The quantitative estimate of drug-likeness (QED) is 0.735. The van der Waals surface area contributed by atoms with Crippen LogP contribution < -0.4 is 15.4 Å². The van der Waals surface area contributed by atoms with Gasteiger partial charge in [0.05, 0.1) is 12.6 Å². The molecular formula is C18H22N2O3. The SMILES string of the molecule is CCC(CO)NC(=O)Nc1ccc(COc2ccccc2)cc1. The number of anilines is 1. The van der Waals surface area contributed by atoms with E-state index < -0.39 is 0 Å². The van der Waals surface area contributed by atoms with Gasteiger partial charge in [0.15, 0.2) is 0 Å². The monoisotopic (exact) mass is 314 g/mol. The molecule has 2 amide bonds. The Morgan fingerprint density at radius 3 is 2.43 bits per heavy atom. The fraction of sp³-hybridized carbons (Fsp3) is 0.278. The summed E-state index contributed by atoms with van der Waals surface area (Å²) in [6.45, 7) is 2.31. The number of aliphatic hydroxyl groups excluding tert-OH is 1. The third kappa shape index (κ3) is 5.64. The molecule has 0 saturated carbocycles. The fourth-order valence-corrected chi connectivity index (χ4v) is 2.00. The van der Waals surface area contributed by atoms with Crippen molar-refractivity contribution >= 4 is 11.7 Å². The molecule has 2 aromatic rings. The number of hydrogen-bond acceptors (Lipinski definition) is 3. The molecule has 1 unspecified atom stereocenters. The smallest absolute Gasteiger partial charge is 0.319 e. The van der Waals surface area contributed by atoms with E-state index in [0.29, 0.717) is 18.7 Å². The summed E-state index contributed by atoms with van der Waals surface area (Å²) >= 11 is 0. The molecule has 0 fully saturated rings. The zero-order valence-corrected chi connectivity index (χ0v) is 13.2. The lowest BCUT2D eigenvalue weighted by atomic mass is 10.2. The Morgan fingerprint density at radius 1 is 1.13 bits per heavy atom. The minimum atomic E-state index is -0.320. The van der Waals surface area contributed by atoms with E-state index in [1.807, 2.05) is 61.5 Å². The number of aliphatic hydroxyl groups is 1. The van der Waals surface area contributed by atoms with Crippen LogP contribution >= 0.6 is 0 Å². The molecule has 5 nitrogen and oxygen atoms in total. The predicted molar refractivity (Wildman–Crippen MR) is 90.5 cm³/mol. The number of nitrogens with one attached hydrogen (secondary N) is 2. The maximum atomic E-state index is 11.8. The number of benzene rings is 2. The number of urea groups is 1. The summed E-state index contributed by atoms with van der Waals surface area (Å²) in [6, 6.07) is 16.5. The van der Waals surface area contributed by atoms with Crippen molar-refractivity contribution in [2.24, 2.45) is 0 Å². The summed E-state index contributed by atoms with van der Waals surface area (Å²) in [4.78, 5) is 11.8. The van der Waals surface area contributed by atoms with E-state index in [0.717, 1.165) is 11.3 Å². The van der Waals surface area contributed by atoms with Crippen molar-refractivity contribution in [2.45, 2.75) is 26.0 Å². The zero-order chi connectivity index (χ0) is 16.5. The summed E-state index contributed by atoms with van der Waals surface area (Å²) < 4.78 is 5.67. The fourth-order valence-electron chi connectivity index (χ4n) is 2.00. The second-order valence-corrected chi connectivity index (χ2v) is 5.18. The van der Waals surface area contributed by atoms with Gasteiger partial charge >= 0.3 is 6.03 Å². The van der Waals surface area contributed by atoms with Crippen LogP contribution in [0.2, 0.25) is 0 Å². The van der Waals surface area contributed by atoms with E-state index in [1.165, 1.54) is 0 Å². The number of carbonyl (C=O) groups is 1. The molecule has 0 aliphatic rings.